The van der Waals surface area contributed by atoms with Crippen LogP contribution in [0.4, 0.5) is 4.79 Å². The van der Waals surface area contributed by atoms with E-state index < -0.39 is 23.2 Å². The van der Waals surface area contributed by atoms with Gasteiger partial charge in [0.05, 0.1) is 6.61 Å². The van der Waals surface area contributed by atoms with Crippen LogP contribution in [0.25, 0.3) is 0 Å². The lowest BCUT2D eigenvalue weighted by Crippen LogP contribution is -2.57. The van der Waals surface area contributed by atoms with E-state index in [4.69, 9.17) is 14.2 Å². The summed E-state index contributed by atoms with van der Waals surface area (Å²) in [6.07, 6.45) is 0.842. The van der Waals surface area contributed by atoms with Gasteiger partial charge in [-0.2, -0.15) is 0 Å². The summed E-state index contributed by atoms with van der Waals surface area (Å²) in [5.74, 6) is -0.293. The van der Waals surface area contributed by atoms with Crippen LogP contribution in [0, 0.1) is 0 Å². The second-order valence-corrected chi connectivity index (χ2v) is 7.82. The number of hydrogen-bond donors (Lipinski definition) is 1. The van der Waals surface area contributed by atoms with Crippen LogP contribution in [-0.4, -0.2) is 53.7 Å². The van der Waals surface area contributed by atoms with Crippen molar-refractivity contribution in [3.05, 3.63) is 29.8 Å². The summed E-state index contributed by atoms with van der Waals surface area (Å²) >= 11 is 0. The Balaban J connectivity index is 2.75. The Morgan fingerprint density at radius 3 is 2.32 bits per heavy atom. The van der Waals surface area contributed by atoms with Crippen molar-refractivity contribution in [1.82, 2.24) is 4.90 Å². The van der Waals surface area contributed by atoms with Gasteiger partial charge in [0.25, 0.3) is 0 Å². The number of aromatic hydroxyl groups is 1. The van der Waals surface area contributed by atoms with Gasteiger partial charge in [-0.15, -0.1) is 0 Å². The summed E-state index contributed by atoms with van der Waals surface area (Å²) in [5, 5.41) is 9.79. The van der Waals surface area contributed by atoms with Gasteiger partial charge in [-0.1, -0.05) is 25.1 Å². The normalized spacial score (nSPS) is 13.5. The van der Waals surface area contributed by atoms with E-state index in [0.717, 1.165) is 5.56 Å². The molecule has 0 saturated carbocycles. The third-order valence-corrected chi connectivity index (χ3v) is 4.41. The Labute approximate surface area is 167 Å². The van der Waals surface area contributed by atoms with E-state index in [1.165, 1.54) is 12.0 Å². The number of methoxy groups -OCH3 is 1. The van der Waals surface area contributed by atoms with Gasteiger partial charge in [-0.3, -0.25) is 4.90 Å². The van der Waals surface area contributed by atoms with Gasteiger partial charge in [-0.25, -0.2) is 9.59 Å². The third kappa shape index (κ3) is 6.71. The molecule has 0 bridgehead atoms. The maximum Gasteiger partial charge on any atom is 0.413 e. The highest BCUT2D eigenvalue weighted by Gasteiger charge is 2.44. The molecule has 0 aliphatic heterocycles. The van der Waals surface area contributed by atoms with Crippen molar-refractivity contribution >= 4 is 12.1 Å². The third-order valence-electron chi connectivity index (χ3n) is 4.41. The zero-order valence-electron chi connectivity index (χ0n) is 17.8. The minimum absolute atomic E-state index is 0.0910. The Bertz CT molecular complexity index is 655. The molecule has 0 unspecified atom stereocenters. The highest BCUT2D eigenvalue weighted by atomic mass is 16.6. The molecule has 1 atom stereocenters. The van der Waals surface area contributed by atoms with E-state index in [0.29, 0.717) is 19.3 Å². The molecule has 0 aromatic heterocycles. The second kappa shape index (κ2) is 10.3. The van der Waals surface area contributed by atoms with Gasteiger partial charge >= 0.3 is 12.1 Å². The van der Waals surface area contributed by atoms with Crippen molar-refractivity contribution in [2.75, 3.05) is 20.4 Å². The molecule has 1 rings (SSSR count). The number of nitrogens with zero attached hydrogens (tertiary/aromatic N) is 1. The second-order valence-electron chi connectivity index (χ2n) is 7.82. The largest absolute Gasteiger partial charge is 0.508 e. The molecule has 0 radical (unpaired) electrons. The van der Waals surface area contributed by atoms with Gasteiger partial charge in [-0.05, 0) is 58.6 Å². The number of amides is 1. The van der Waals surface area contributed by atoms with Crippen LogP contribution in [0.3, 0.4) is 0 Å². The van der Waals surface area contributed by atoms with Crippen molar-refractivity contribution in [3.8, 4) is 5.75 Å². The lowest BCUT2D eigenvalue weighted by Gasteiger charge is -2.38. The first kappa shape index (κ1) is 23.8. The van der Waals surface area contributed by atoms with E-state index in [1.807, 2.05) is 12.1 Å². The van der Waals surface area contributed by atoms with Crippen LogP contribution in [0.2, 0.25) is 0 Å². The summed E-state index contributed by atoms with van der Waals surface area (Å²) in [5.41, 5.74) is -1.11. The highest BCUT2D eigenvalue weighted by molar-refractivity contribution is 5.85. The number of para-hydroxylation sites is 1. The number of phenols is 1. The zero-order valence-corrected chi connectivity index (χ0v) is 17.8. The molecule has 0 fully saturated rings. The van der Waals surface area contributed by atoms with Crippen LogP contribution in [0.1, 0.15) is 53.0 Å². The average molecular weight is 395 g/mol. The topological polar surface area (TPSA) is 85.3 Å². The molecule has 0 aliphatic rings. The number of esters is 1. The van der Waals surface area contributed by atoms with Crippen molar-refractivity contribution in [2.45, 2.75) is 65.0 Å². The summed E-state index contributed by atoms with van der Waals surface area (Å²) in [6.45, 7) is 8.81. The molecule has 1 aromatic carbocycles. The first-order chi connectivity index (χ1) is 13.0. The van der Waals surface area contributed by atoms with Crippen LogP contribution in [0.15, 0.2) is 24.3 Å². The molecular weight excluding hydrogens is 362 g/mol. The number of carbonyl (C=O) groups excluding carboxylic acids is 2. The number of rotatable bonds is 9. The molecule has 0 saturated heterocycles. The predicted molar refractivity (Wildman–Crippen MR) is 106 cm³/mol. The Hall–Kier alpha value is -2.28. The molecule has 158 valence electrons. The fourth-order valence-electron chi connectivity index (χ4n) is 2.59. The van der Waals surface area contributed by atoms with E-state index in [-0.39, 0.29) is 19.1 Å². The highest BCUT2D eigenvalue weighted by Crippen LogP contribution is 2.25. The number of carbonyl (C=O) groups is 2. The molecule has 1 amide bonds. The minimum atomic E-state index is -1.22. The number of phenolic OH excluding ortho intramolecular Hbond substituents is 1. The summed E-state index contributed by atoms with van der Waals surface area (Å²) in [7, 11) is 1.45. The van der Waals surface area contributed by atoms with E-state index in [2.05, 4.69) is 0 Å². The van der Waals surface area contributed by atoms with Crippen molar-refractivity contribution in [1.29, 1.82) is 0 Å². The molecule has 1 aromatic rings. The molecular formula is C21H33NO6. The quantitative estimate of drug-likeness (QED) is 0.388. The molecule has 28 heavy (non-hydrogen) atoms. The van der Waals surface area contributed by atoms with Crippen LogP contribution >= 0.6 is 0 Å². The Morgan fingerprint density at radius 2 is 1.79 bits per heavy atom. The van der Waals surface area contributed by atoms with E-state index in [9.17, 15) is 14.7 Å². The molecule has 7 nitrogen and oxygen atoms in total. The monoisotopic (exact) mass is 395 g/mol. The number of benzene rings is 1. The lowest BCUT2D eigenvalue weighted by molar-refractivity contribution is -0.160. The Morgan fingerprint density at radius 1 is 1.14 bits per heavy atom. The van der Waals surface area contributed by atoms with E-state index >= 15 is 0 Å². The number of ether oxygens (including phenoxy) is 3. The predicted octanol–water partition coefficient (Wildman–Crippen LogP) is 3.88. The van der Waals surface area contributed by atoms with Crippen LogP contribution in [0.5, 0.6) is 5.75 Å². The molecule has 1 N–H and O–H groups in total. The van der Waals surface area contributed by atoms with Crippen LogP contribution < -0.4 is 0 Å². The van der Waals surface area contributed by atoms with Crippen molar-refractivity contribution < 1.29 is 28.9 Å². The number of aryl methyl sites for hydroxylation is 1. The fraction of sp³-hybridized carbons (Fsp3) is 0.619. The molecule has 7 heteroatoms. The maximum absolute atomic E-state index is 12.8. The average Bonchev–Trinajstić information content (AvgIpc) is 2.62. The zero-order chi connectivity index (χ0) is 21.4. The standard InChI is InChI=1S/C21H33NO6/c1-7-21(5,22(15-26-6)19(25)28-20(2,3)4)18(24)27-14-10-12-16-11-8-9-13-17(16)23/h8-9,11,13,23H,7,10,12,14-15H2,1-6H3/t21-/m0/s1. The van der Waals surface area contributed by atoms with Crippen molar-refractivity contribution in [2.24, 2.45) is 0 Å². The summed E-state index contributed by atoms with van der Waals surface area (Å²) in [6, 6.07) is 7.06. The van der Waals surface area contributed by atoms with Gasteiger partial charge < -0.3 is 19.3 Å². The van der Waals surface area contributed by atoms with Gasteiger partial charge in [0.15, 0.2) is 0 Å². The lowest BCUT2D eigenvalue weighted by atomic mass is 9.97. The SMILES string of the molecule is CC[C@@](C)(C(=O)OCCCc1ccccc1O)N(COC)C(=O)OC(C)(C)C. The first-order valence-electron chi connectivity index (χ1n) is 9.48. The van der Waals surface area contributed by atoms with Gasteiger partial charge in [0.1, 0.15) is 23.6 Å². The Kier molecular flexibility index (Phi) is 8.75. The van der Waals surface area contributed by atoms with Gasteiger partial charge in [0.2, 0.25) is 0 Å². The summed E-state index contributed by atoms with van der Waals surface area (Å²) in [4.78, 5) is 26.6. The van der Waals surface area contributed by atoms with Crippen LogP contribution in [-0.2, 0) is 25.4 Å². The number of hydrogen-bond acceptors (Lipinski definition) is 6. The summed E-state index contributed by atoms with van der Waals surface area (Å²) < 4.78 is 16.0. The van der Waals surface area contributed by atoms with Gasteiger partial charge in [0, 0.05) is 7.11 Å². The minimum Gasteiger partial charge on any atom is -0.508 e. The maximum atomic E-state index is 12.8. The first-order valence-corrected chi connectivity index (χ1v) is 9.48. The smallest absolute Gasteiger partial charge is 0.413 e. The van der Waals surface area contributed by atoms with E-state index in [1.54, 1.807) is 46.8 Å². The fourth-order valence-corrected chi connectivity index (χ4v) is 2.59. The molecule has 0 heterocycles. The molecule has 0 spiro atoms. The molecule has 0 aliphatic carbocycles. The van der Waals surface area contributed by atoms with Crippen molar-refractivity contribution in [3.63, 3.8) is 0 Å².